The van der Waals surface area contributed by atoms with Crippen LogP contribution >= 0.6 is 0 Å². The predicted molar refractivity (Wildman–Crippen MR) is 115 cm³/mol. The van der Waals surface area contributed by atoms with Crippen LogP contribution in [0.25, 0.3) is 0 Å². The van der Waals surface area contributed by atoms with Crippen molar-refractivity contribution in [1.82, 2.24) is 14.7 Å². The van der Waals surface area contributed by atoms with Gasteiger partial charge in [0.25, 0.3) is 0 Å². The molecule has 0 saturated carbocycles. The Labute approximate surface area is 189 Å². The van der Waals surface area contributed by atoms with Crippen molar-refractivity contribution in [2.75, 3.05) is 37.0 Å². The maximum atomic E-state index is 13.1. The molecule has 1 fully saturated rings. The van der Waals surface area contributed by atoms with E-state index in [1.54, 1.807) is 24.1 Å². The normalized spacial score (nSPS) is 18.7. The topological polar surface area (TPSA) is 84.7 Å². The van der Waals surface area contributed by atoms with E-state index in [2.05, 4.69) is 14.7 Å². The van der Waals surface area contributed by atoms with Gasteiger partial charge >= 0.3 is 6.36 Å². The third kappa shape index (κ3) is 5.01. The van der Waals surface area contributed by atoms with Crippen LogP contribution in [0.1, 0.15) is 24.0 Å². The number of likely N-dealkylation sites (tertiary alicyclic amines) is 1. The van der Waals surface area contributed by atoms with Gasteiger partial charge in [0.1, 0.15) is 15.6 Å². The minimum Gasteiger partial charge on any atom is -0.406 e. The summed E-state index contributed by atoms with van der Waals surface area (Å²) in [6.07, 6.45) is 0.823. The van der Waals surface area contributed by atoms with E-state index in [1.165, 1.54) is 29.4 Å². The molecular formula is C21H25F3N4O4S. The molecule has 33 heavy (non-hydrogen) atoms. The minimum atomic E-state index is -4.80. The lowest BCUT2D eigenvalue weighted by Crippen LogP contribution is -2.47. The lowest BCUT2D eigenvalue weighted by Gasteiger charge is -2.38. The van der Waals surface area contributed by atoms with Crippen molar-refractivity contribution in [2.45, 2.75) is 37.7 Å². The molecule has 3 heterocycles. The predicted octanol–water partition coefficient (Wildman–Crippen LogP) is 2.34. The number of aryl methyl sites for hydroxylation is 1. The number of likely N-dealkylation sites (N-methyl/N-ethyl adjacent to an activating group) is 1. The van der Waals surface area contributed by atoms with Gasteiger partial charge in [-0.1, -0.05) is 0 Å². The highest BCUT2D eigenvalue weighted by Crippen LogP contribution is 2.49. The number of aromatic nitrogens is 2. The molecule has 180 valence electrons. The molecule has 1 saturated heterocycles. The van der Waals surface area contributed by atoms with Gasteiger partial charge in [-0.25, -0.2) is 8.42 Å². The quantitative estimate of drug-likeness (QED) is 0.623. The van der Waals surface area contributed by atoms with E-state index < -0.39 is 21.6 Å². The van der Waals surface area contributed by atoms with Gasteiger partial charge in [0.15, 0.2) is 0 Å². The SMILES string of the molecule is CN1C(=O)C2(CCN(Cc3cnn(CCS(C)(=O)=O)c3)CC2)c2cc(OC(F)(F)F)ccc21. The molecule has 0 bridgehead atoms. The number of anilines is 1. The fraction of sp³-hybridized carbons (Fsp3) is 0.524. The minimum absolute atomic E-state index is 0.00936. The number of carbonyl (C=O) groups excluding carboxylic acids is 1. The number of hydrogen-bond acceptors (Lipinski definition) is 6. The highest BCUT2D eigenvalue weighted by molar-refractivity contribution is 7.90. The third-order valence-corrected chi connectivity index (χ3v) is 7.21. The van der Waals surface area contributed by atoms with Crippen LogP contribution in [0.15, 0.2) is 30.6 Å². The lowest BCUT2D eigenvalue weighted by molar-refractivity contribution is -0.274. The van der Waals surface area contributed by atoms with Crippen LogP contribution in [0.3, 0.4) is 0 Å². The number of hydrogen-bond donors (Lipinski definition) is 0. The van der Waals surface area contributed by atoms with E-state index in [4.69, 9.17) is 0 Å². The molecule has 2 aliphatic rings. The Bertz CT molecular complexity index is 1150. The van der Waals surface area contributed by atoms with Crippen LogP contribution in [0.2, 0.25) is 0 Å². The van der Waals surface area contributed by atoms with Gasteiger partial charge in [0, 0.05) is 37.3 Å². The molecular weight excluding hydrogens is 461 g/mol. The summed E-state index contributed by atoms with van der Waals surface area (Å²) in [7, 11) is -1.44. The first-order valence-corrected chi connectivity index (χ1v) is 12.5. The maximum Gasteiger partial charge on any atom is 0.573 e. The molecule has 4 rings (SSSR count). The van der Waals surface area contributed by atoms with Crippen molar-refractivity contribution in [2.24, 2.45) is 0 Å². The van der Waals surface area contributed by atoms with Crippen molar-refractivity contribution in [3.63, 3.8) is 0 Å². The third-order valence-electron chi connectivity index (χ3n) is 6.29. The van der Waals surface area contributed by atoms with Gasteiger partial charge < -0.3 is 9.64 Å². The molecule has 12 heteroatoms. The van der Waals surface area contributed by atoms with E-state index >= 15 is 0 Å². The number of nitrogens with zero attached hydrogens (tertiary/aromatic N) is 4. The average molecular weight is 487 g/mol. The molecule has 0 unspecified atom stereocenters. The Morgan fingerprint density at radius 3 is 2.55 bits per heavy atom. The van der Waals surface area contributed by atoms with Crippen LogP contribution in [-0.2, 0) is 33.1 Å². The number of amides is 1. The number of ether oxygens (including phenoxy) is 1. The fourth-order valence-electron chi connectivity index (χ4n) is 4.64. The van der Waals surface area contributed by atoms with Crippen LogP contribution in [-0.4, -0.2) is 67.5 Å². The van der Waals surface area contributed by atoms with Crippen LogP contribution in [0, 0.1) is 0 Å². The van der Waals surface area contributed by atoms with Crippen LogP contribution < -0.4 is 9.64 Å². The summed E-state index contributed by atoms with van der Waals surface area (Å²) < 4.78 is 66.5. The molecule has 0 aliphatic carbocycles. The summed E-state index contributed by atoms with van der Waals surface area (Å²) in [6, 6.07) is 4.07. The Morgan fingerprint density at radius 2 is 1.91 bits per heavy atom. The van der Waals surface area contributed by atoms with E-state index in [0.717, 1.165) is 5.56 Å². The standard InChI is InChI=1S/C21H25F3N4O4S/c1-26-18-4-3-16(32-21(22,23)24)11-17(18)20(19(26)29)5-7-27(8-6-20)13-15-12-25-28(14-15)9-10-33(2,30)31/h3-4,11-12,14H,5-10,13H2,1-2H3. The summed E-state index contributed by atoms with van der Waals surface area (Å²) in [5, 5.41) is 4.21. The van der Waals surface area contributed by atoms with Gasteiger partial charge in [-0.2, -0.15) is 5.10 Å². The average Bonchev–Trinajstić information content (AvgIpc) is 3.24. The largest absolute Gasteiger partial charge is 0.573 e. The zero-order valence-electron chi connectivity index (χ0n) is 18.3. The Morgan fingerprint density at radius 1 is 1.21 bits per heavy atom. The molecule has 8 nitrogen and oxygen atoms in total. The number of fused-ring (bicyclic) bond motifs is 2. The highest BCUT2D eigenvalue weighted by Gasteiger charge is 2.51. The van der Waals surface area contributed by atoms with Crippen LogP contribution in [0.4, 0.5) is 18.9 Å². The maximum absolute atomic E-state index is 13.1. The number of benzene rings is 1. The first-order valence-electron chi connectivity index (χ1n) is 10.5. The molecule has 1 spiro atoms. The number of alkyl halides is 3. The van der Waals surface area contributed by atoms with E-state index in [1.807, 2.05) is 0 Å². The van der Waals surface area contributed by atoms with Gasteiger partial charge in [0.05, 0.1) is 23.9 Å². The zero-order chi connectivity index (χ0) is 24.0. The lowest BCUT2D eigenvalue weighted by atomic mass is 9.73. The summed E-state index contributed by atoms with van der Waals surface area (Å²) in [5.41, 5.74) is 1.24. The molecule has 1 aromatic carbocycles. The van der Waals surface area contributed by atoms with Gasteiger partial charge in [-0.05, 0) is 49.7 Å². The molecule has 2 aromatic rings. The van der Waals surface area contributed by atoms with Crippen molar-refractivity contribution < 1.29 is 31.1 Å². The van der Waals surface area contributed by atoms with Gasteiger partial charge in [-0.15, -0.1) is 13.2 Å². The first kappa shape index (κ1) is 23.6. The summed E-state index contributed by atoms with van der Waals surface area (Å²) >= 11 is 0. The van der Waals surface area contributed by atoms with Crippen molar-refractivity contribution in [1.29, 1.82) is 0 Å². The molecule has 0 atom stereocenters. The monoisotopic (exact) mass is 486 g/mol. The van der Waals surface area contributed by atoms with Crippen molar-refractivity contribution in [3.05, 3.63) is 41.7 Å². The number of carbonyl (C=O) groups is 1. The molecule has 0 N–H and O–H groups in total. The smallest absolute Gasteiger partial charge is 0.406 e. The van der Waals surface area contributed by atoms with Crippen molar-refractivity contribution in [3.8, 4) is 5.75 Å². The molecule has 0 radical (unpaired) electrons. The molecule has 1 aromatic heterocycles. The highest BCUT2D eigenvalue weighted by atomic mass is 32.2. The van der Waals surface area contributed by atoms with E-state index in [9.17, 15) is 26.4 Å². The van der Waals surface area contributed by atoms with Gasteiger partial charge in [0.2, 0.25) is 5.91 Å². The van der Waals surface area contributed by atoms with E-state index in [-0.39, 0.29) is 24.0 Å². The Kier molecular flexibility index (Phi) is 5.94. The first-order chi connectivity index (χ1) is 15.4. The molecule has 1 amide bonds. The Balaban J connectivity index is 1.45. The summed E-state index contributed by atoms with van der Waals surface area (Å²) in [6.45, 7) is 2.03. The number of piperidine rings is 1. The summed E-state index contributed by atoms with van der Waals surface area (Å²) in [4.78, 5) is 16.8. The zero-order valence-corrected chi connectivity index (χ0v) is 19.1. The van der Waals surface area contributed by atoms with Gasteiger partial charge in [-0.3, -0.25) is 14.4 Å². The number of rotatable bonds is 6. The van der Waals surface area contributed by atoms with E-state index in [0.29, 0.717) is 43.7 Å². The second kappa shape index (κ2) is 8.32. The number of halogens is 3. The Hall–Kier alpha value is -2.60. The summed E-state index contributed by atoms with van der Waals surface area (Å²) in [5.74, 6) is -0.433. The number of sulfone groups is 1. The van der Waals surface area contributed by atoms with Crippen LogP contribution in [0.5, 0.6) is 5.75 Å². The molecule has 2 aliphatic heterocycles. The fourth-order valence-corrected chi connectivity index (χ4v) is 5.16. The second-order valence-corrected chi connectivity index (χ2v) is 11.0. The second-order valence-electron chi connectivity index (χ2n) is 8.69. The van der Waals surface area contributed by atoms with Crippen molar-refractivity contribution >= 4 is 21.4 Å².